The van der Waals surface area contributed by atoms with Crippen LogP contribution in [-0.2, 0) is 6.54 Å². The van der Waals surface area contributed by atoms with E-state index in [9.17, 15) is 28.3 Å². The Morgan fingerprint density at radius 2 is 1.50 bits per heavy atom. The minimum Gasteiger partial charge on any atom is -0.496 e. The van der Waals surface area contributed by atoms with Crippen LogP contribution in [-0.4, -0.2) is 78.1 Å². The number of hydrogen-bond donors (Lipinski definition) is 1. The molecule has 1 N–H and O–H groups in total. The van der Waals surface area contributed by atoms with Gasteiger partial charge in [-0.05, 0) is 73.2 Å². The third-order valence-corrected chi connectivity index (χ3v) is 10.3. The van der Waals surface area contributed by atoms with Crippen molar-refractivity contribution in [3.05, 3.63) is 87.3 Å². The first-order valence-corrected chi connectivity index (χ1v) is 15.9. The zero-order chi connectivity index (χ0) is 33.3. The van der Waals surface area contributed by atoms with Gasteiger partial charge in [-0.1, -0.05) is 29.8 Å². The number of halogens is 3. The van der Waals surface area contributed by atoms with E-state index in [1.54, 1.807) is 31.1 Å². The maximum atomic E-state index is 14.7. The average molecular weight is 670 g/mol. The Hall–Kier alpha value is -4.22. The van der Waals surface area contributed by atoms with Gasteiger partial charge in [-0.15, -0.1) is 11.3 Å². The van der Waals surface area contributed by atoms with Crippen molar-refractivity contribution in [3.8, 4) is 16.9 Å². The summed E-state index contributed by atoms with van der Waals surface area (Å²) in [6, 6.07) is 14.3. The lowest BCUT2D eigenvalue weighted by Crippen LogP contribution is -2.46. The van der Waals surface area contributed by atoms with E-state index in [0.29, 0.717) is 42.6 Å². The van der Waals surface area contributed by atoms with E-state index in [-0.39, 0.29) is 44.5 Å². The minimum atomic E-state index is -1.02. The molecule has 0 radical (unpaired) electrons. The van der Waals surface area contributed by atoms with Crippen LogP contribution in [0.4, 0.5) is 13.6 Å². The number of thiophene rings is 1. The predicted octanol–water partition coefficient (Wildman–Crippen LogP) is 7.77. The van der Waals surface area contributed by atoms with Crippen LogP contribution >= 0.6 is 22.9 Å². The van der Waals surface area contributed by atoms with E-state index < -0.39 is 23.6 Å². The number of ether oxygens (including phenoxy) is 1. The van der Waals surface area contributed by atoms with E-state index in [1.807, 2.05) is 30.3 Å². The summed E-state index contributed by atoms with van der Waals surface area (Å²) in [6.07, 6.45) is 1.09. The van der Waals surface area contributed by atoms with Crippen LogP contribution < -0.4 is 4.74 Å². The molecule has 0 aliphatic heterocycles. The summed E-state index contributed by atoms with van der Waals surface area (Å²) in [4.78, 5) is 42.8. The highest BCUT2D eigenvalue weighted by Gasteiger charge is 2.35. The number of rotatable bonds is 8. The molecule has 0 spiro atoms. The van der Waals surface area contributed by atoms with Gasteiger partial charge >= 0.3 is 6.09 Å². The smallest absolute Gasteiger partial charge is 0.407 e. The number of fused-ring (bicyclic) bond motifs is 1. The van der Waals surface area contributed by atoms with Crippen molar-refractivity contribution in [2.24, 2.45) is 0 Å². The van der Waals surface area contributed by atoms with Gasteiger partial charge in [0, 0.05) is 50.9 Å². The standard InChI is InChI=1S/C34H34ClF2N3O5S/c1-38(2)32(41)20-7-5-19(6-8-20)21-9-16-27(45-4)22(17-21)18-40(24-12-10-23(11-13-24)39(3)34(43)44)33(42)31-29(35)28-25(36)14-15-26(37)30(28)46-31/h5-9,14-17,23-24H,10-13,18H2,1-4H3,(H,43,44). The molecule has 1 heterocycles. The highest BCUT2D eigenvalue weighted by Crippen LogP contribution is 2.41. The topological polar surface area (TPSA) is 90.4 Å². The van der Waals surface area contributed by atoms with Crippen LogP contribution in [0.2, 0.25) is 5.02 Å². The van der Waals surface area contributed by atoms with E-state index in [2.05, 4.69) is 0 Å². The second-order valence-electron chi connectivity index (χ2n) is 11.6. The van der Waals surface area contributed by atoms with Gasteiger partial charge in [-0.2, -0.15) is 0 Å². The average Bonchev–Trinajstić information content (AvgIpc) is 3.42. The first-order valence-electron chi connectivity index (χ1n) is 14.7. The van der Waals surface area contributed by atoms with E-state index in [1.165, 1.54) is 24.0 Å². The summed E-state index contributed by atoms with van der Waals surface area (Å²) >= 11 is 7.38. The maximum absolute atomic E-state index is 14.7. The highest BCUT2D eigenvalue weighted by atomic mass is 35.5. The Labute approximate surface area is 274 Å². The van der Waals surface area contributed by atoms with Gasteiger partial charge in [0.1, 0.15) is 22.3 Å². The molecule has 8 nitrogen and oxygen atoms in total. The second kappa shape index (κ2) is 13.6. The van der Waals surface area contributed by atoms with Gasteiger partial charge in [0.2, 0.25) is 0 Å². The lowest BCUT2D eigenvalue weighted by Gasteiger charge is -2.39. The Balaban J connectivity index is 1.52. The molecule has 1 aliphatic carbocycles. The highest BCUT2D eigenvalue weighted by molar-refractivity contribution is 7.21. The van der Waals surface area contributed by atoms with Gasteiger partial charge in [-0.25, -0.2) is 13.6 Å². The normalized spacial score (nSPS) is 16.2. The molecule has 0 unspecified atom stereocenters. The number of benzene rings is 3. The van der Waals surface area contributed by atoms with Crippen molar-refractivity contribution >= 4 is 50.9 Å². The van der Waals surface area contributed by atoms with Crippen LogP contribution in [0, 0.1) is 11.6 Å². The molecule has 12 heteroatoms. The van der Waals surface area contributed by atoms with Crippen LogP contribution in [0.15, 0.2) is 54.6 Å². The third kappa shape index (κ3) is 6.52. The number of carboxylic acid groups (broad SMARTS) is 1. The molecular weight excluding hydrogens is 636 g/mol. The third-order valence-electron chi connectivity index (χ3n) is 8.59. The number of carbonyl (C=O) groups excluding carboxylic acids is 2. The predicted molar refractivity (Wildman–Crippen MR) is 175 cm³/mol. The van der Waals surface area contributed by atoms with Crippen LogP contribution in [0.3, 0.4) is 0 Å². The molecule has 0 bridgehead atoms. The first kappa shape index (κ1) is 33.2. The molecule has 1 aromatic heterocycles. The maximum Gasteiger partial charge on any atom is 0.407 e. The van der Waals surface area contributed by atoms with Crippen LogP contribution in [0.1, 0.15) is 51.3 Å². The summed E-state index contributed by atoms with van der Waals surface area (Å²) in [6.45, 7) is 0.104. The molecule has 1 aliphatic rings. The number of methoxy groups -OCH3 is 1. The van der Waals surface area contributed by atoms with Crippen molar-refractivity contribution in [2.75, 3.05) is 28.3 Å². The van der Waals surface area contributed by atoms with Gasteiger partial charge in [0.15, 0.2) is 0 Å². The van der Waals surface area contributed by atoms with Crippen molar-refractivity contribution < 1.29 is 33.0 Å². The van der Waals surface area contributed by atoms with Gasteiger partial charge < -0.3 is 24.5 Å². The monoisotopic (exact) mass is 669 g/mol. The molecule has 1 saturated carbocycles. The van der Waals surface area contributed by atoms with E-state index >= 15 is 0 Å². The second-order valence-corrected chi connectivity index (χ2v) is 13.0. The summed E-state index contributed by atoms with van der Waals surface area (Å²) in [5.74, 6) is -1.43. The SMILES string of the molecule is COc1ccc(-c2ccc(C(=O)N(C)C)cc2)cc1CN(C(=O)c1sc2c(F)ccc(F)c2c1Cl)C1CCC(N(C)C(=O)O)CC1. The lowest BCUT2D eigenvalue weighted by atomic mass is 9.89. The molecule has 3 aromatic carbocycles. The Bertz CT molecular complexity index is 1790. The van der Waals surface area contributed by atoms with E-state index in [0.717, 1.165) is 34.6 Å². The fourth-order valence-corrected chi connectivity index (χ4v) is 7.48. The quantitative estimate of drug-likeness (QED) is 0.207. The molecule has 5 rings (SSSR count). The number of hydrogen-bond acceptors (Lipinski definition) is 5. The molecule has 1 fully saturated rings. The zero-order valence-corrected chi connectivity index (χ0v) is 27.4. The Morgan fingerprint density at radius 3 is 2.09 bits per heavy atom. The summed E-state index contributed by atoms with van der Waals surface area (Å²) in [5, 5.41) is 9.22. The van der Waals surface area contributed by atoms with Crippen molar-refractivity contribution in [1.29, 1.82) is 0 Å². The molecule has 3 amide bonds. The lowest BCUT2D eigenvalue weighted by molar-refractivity contribution is 0.0555. The van der Waals surface area contributed by atoms with E-state index in [4.69, 9.17) is 16.3 Å². The molecule has 46 heavy (non-hydrogen) atoms. The number of amides is 3. The number of nitrogens with zero attached hydrogens (tertiary/aromatic N) is 3. The minimum absolute atomic E-state index is 0.0294. The molecule has 0 atom stereocenters. The summed E-state index contributed by atoms with van der Waals surface area (Å²) in [5.41, 5.74) is 2.94. The Kier molecular flexibility index (Phi) is 9.83. The molecule has 242 valence electrons. The summed E-state index contributed by atoms with van der Waals surface area (Å²) in [7, 11) is 6.45. The van der Waals surface area contributed by atoms with Crippen LogP contribution in [0.5, 0.6) is 5.75 Å². The Morgan fingerprint density at radius 1 is 0.891 bits per heavy atom. The van der Waals surface area contributed by atoms with Crippen LogP contribution in [0.25, 0.3) is 21.2 Å². The molecule has 4 aromatic rings. The van der Waals surface area contributed by atoms with Crippen molar-refractivity contribution in [1.82, 2.24) is 14.7 Å². The number of carbonyl (C=O) groups is 3. The van der Waals surface area contributed by atoms with Gasteiger partial charge in [0.05, 0.1) is 22.2 Å². The largest absolute Gasteiger partial charge is 0.496 e. The summed E-state index contributed by atoms with van der Waals surface area (Å²) < 4.78 is 35.1. The molecule has 0 saturated heterocycles. The van der Waals surface area contributed by atoms with Crippen molar-refractivity contribution in [3.63, 3.8) is 0 Å². The first-order chi connectivity index (χ1) is 21.9. The zero-order valence-electron chi connectivity index (χ0n) is 25.9. The fraction of sp³-hybridized carbons (Fsp3) is 0.324. The molecular formula is C34H34ClF2N3O5S. The fourth-order valence-electron chi connectivity index (χ4n) is 5.97. The van der Waals surface area contributed by atoms with Gasteiger partial charge in [0.25, 0.3) is 11.8 Å². The van der Waals surface area contributed by atoms with Gasteiger partial charge in [-0.3, -0.25) is 9.59 Å². The van der Waals surface area contributed by atoms with Crippen molar-refractivity contribution in [2.45, 2.75) is 44.3 Å².